The second-order valence-electron chi connectivity index (χ2n) is 3.77. The summed E-state index contributed by atoms with van der Waals surface area (Å²) in [7, 11) is -4.11. The van der Waals surface area contributed by atoms with Gasteiger partial charge in [-0.15, -0.1) is 0 Å². The molecule has 7 heteroatoms. The van der Waals surface area contributed by atoms with Crippen LogP contribution in [0.1, 0.15) is 0 Å². The first kappa shape index (κ1) is 13.2. The van der Waals surface area contributed by atoms with Crippen LogP contribution >= 0.6 is 0 Å². The Kier molecular flexibility index (Phi) is 3.30. The summed E-state index contributed by atoms with van der Waals surface area (Å²) < 4.78 is 39.0. The molecule has 0 saturated carbocycles. The third-order valence-corrected chi connectivity index (χ3v) is 3.72. The second kappa shape index (κ2) is 4.77. The molecule has 0 bridgehead atoms. The van der Waals surface area contributed by atoms with E-state index in [4.69, 9.17) is 0 Å². The van der Waals surface area contributed by atoms with Crippen LogP contribution in [-0.4, -0.2) is 18.6 Å². The number of phenols is 2. The minimum atomic E-state index is -4.11. The van der Waals surface area contributed by atoms with Crippen LogP contribution in [0.25, 0.3) is 0 Å². The van der Waals surface area contributed by atoms with Crippen LogP contribution in [0.4, 0.5) is 10.1 Å². The molecular weight excluding hydrogens is 273 g/mol. The highest BCUT2D eigenvalue weighted by atomic mass is 32.2. The molecule has 3 N–H and O–H groups in total. The summed E-state index contributed by atoms with van der Waals surface area (Å²) in [5.74, 6) is -1.42. The molecule has 2 aromatic carbocycles. The van der Waals surface area contributed by atoms with Crippen LogP contribution in [0.5, 0.6) is 11.5 Å². The molecular formula is C12H10FNO4S. The van der Waals surface area contributed by atoms with Crippen molar-refractivity contribution in [2.75, 3.05) is 4.72 Å². The van der Waals surface area contributed by atoms with E-state index >= 15 is 0 Å². The van der Waals surface area contributed by atoms with E-state index in [1.807, 2.05) is 0 Å². The third kappa shape index (κ3) is 2.94. The van der Waals surface area contributed by atoms with Gasteiger partial charge in [0.1, 0.15) is 22.2 Å². The molecule has 2 aromatic rings. The largest absolute Gasteiger partial charge is 0.508 e. The molecule has 0 heterocycles. The van der Waals surface area contributed by atoms with Gasteiger partial charge in [0, 0.05) is 6.07 Å². The molecule has 0 aliphatic rings. The van der Waals surface area contributed by atoms with Crippen molar-refractivity contribution in [2.45, 2.75) is 4.90 Å². The highest BCUT2D eigenvalue weighted by Crippen LogP contribution is 2.28. The third-order valence-electron chi connectivity index (χ3n) is 2.31. The molecule has 0 spiro atoms. The van der Waals surface area contributed by atoms with E-state index in [9.17, 15) is 23.0 Å². The maximum Gasteiger partial charge on any atom is 0.265 e. The zero-order valence-electron chi connectivity index (χ0n) is 9.54. The standard InChI is InChI=1S/C12H10FNO4S/c13-8-2-1-3-9(6-8)14-19(17,18)12-7-10(15)4-5-11(12)16/h1-7,14-16H. The molecule has 19 heavy (non-hydrogen) atoms. The number of rotatable bonds is 3. The van der Waals surface area contributed by atoms with Crippen LogP contribution in [0.3, 0.4) is 0 Å². The van der Waals surface area contributed by atoms with Crippen molar-refractivity contribution in [3.8, 4) is 11.5 Å². The fourth-order valence-corrected chi connectivity index (χ4v) is 2.65. The summed E-state index contributed by atoms with van der Waals surface area (Å²) in [5.41, 5.74) is 0.0164. The number of phenolic OH excluding ortho intramolecular Hbond substituents is 2. The van der Waals surface area contributed by atoms with E-state index in [1.165, 1.54) is 18.2 Å². The van der Waals surface area contributed by atoms with Gasteiger partial charge in [0.25, 0.3) is 10.0 Å². The van der Waals surface area contributed by atoms with Crippen LogP contribution in [0.15, 0.2) is 47.4 Å². The number of aromatic hydroxyl groups is 2. The topological polar surface area (TPSA) is 86.6 Å². The molecule has 0 aliphatic carbocycles. The molecule has 5 nitrogen and oxygen atoms in total. The maximum absolute atomic E-state index is 13.0. The van der Waals surface area contributed by atoms with Gasteiger partial charge in [-0.1, -0.05) is 6.07 Å². The lowest BCUT2D eigenvalue weighted by Crippen LogP contribution is -2.13. The van der Waals surface area contributed by atoms with E-state index in [0.717, 1.165) is 24.3 Å². The summed E-state index contributed by atoms with van der Waals surface area (Å²) in [4.78, 5) is -0.489. The Morgan fingerprint density at radius 1 is 1.05 bits per heavy atom. The van der Waals surface area contributed by atoms with E-state index in [1.54, 1.807) is 0 Å². The second-order valence-corrected chi connectivity index (χ2v) is 5.42. The van der Waals surface area contributed by atoms with Crippen molar-refractivity contribution < 1.29 is 23.0 Å². The van der Waals surface area contributed by atoms with Gasteiger partial charge >= 0.3 is 0 Å². The molecule has 0 unspecified atom stereocenters. The molecule has 0 saturated heterocycles. The van der Waals surface area contributed by atoms with Crippen LogP contribution in [0.2, 0.25) is 0 Å². The number of anilines is 1. The lowest BCUT2D eigenvalue weighted by Gasteiger charge is -2.09. The summed E-state index contributed by atoms with van der Waals surface area (Å²) in [5, 5.41) is 18.7. The minimum absolute atomic E-state index is 0.0164. The van der Waals surface area contributed by atoms with Gasteiger partial charge in [-0.2, -0.15) is 0 Å². The Balaban J connectivity index is 2.40. The van der Waals surface area contributed by atoms with E-state index in [0.29, 0.717) is 0 Å². The molecule has 0 atom stereocenters. The molecule has 2 rings (SSSR count). The summed E-state index contributed by atoms with van der Waals surface area (Å²) in [6, 6.07) is 7.97. The predicted molar refractivity (Wildman–Crippen MR) is 67.0 cm³/mol. The SMILES string of the molecule is O=S(=O)(Nc1cccc(F)c1)c1cc(O)ccc1O. The average molecular weight is 283 g/mol. The smallest absolute Gasteiger partial charge is 0.265 e. The zero-order chi connectivity index (χ0) is 14.0. The number of hydrogen-bond donors (Lipinski definition) is 3. The van der Waals surface area contributed by atoms with Gasteiger partial charge in [0.15, 0.2) is 0 Å². The van der Waals surface area contributed by atoms with E-state index in [-0.39, 0.29) is 11.4 Å². The number of nitrogens with one attached hydrogen (secondary N) is 1. The first-order valence-electron chi connectivity index (χ1n) is 5.19. The normalized spacial score (nSPS) is 11.2. The van der Waals surface area contributed by atoms with Gasteiger partial charge in [-0.05, 0) is 30.3 Å². The summed E-state index contributed by atoms with van der Waals surface area (Å²) >= 11 is 0. The summed E-state index contributed by atoms with van der Waals surface area (Å²) in [6.07, 6.45) is 0. The van der Waals surface area contributed by atoms with Crippen LogP contribution < -0.4 is 4.72 Å². The van der Waals surface area contributed by atoms with Crippen LogP contribution in [-0.2, 0) is 10.0 Å². The molecule has 0 radical (unpaired) electrons. The van der Waals surface area contributed by atoms with Gasteiger partial charge in [-0.25, -0.2) is 12.8 Å². The number of sulfonamides is 1. The zero-order valence-corrected chi connectivity index (χ0v) is 10.4. The van der Waals surface area contributed by atoms with Gasteiger partial charge in [0.05, 0.1) is 5.69 Å². The molecule has 0 amide bonds. The number of benzene rings is 2. The molecule has 0 aliphatic heterocycles. The van der Waals surface area contributed by atoms with Crippen molar-refractivity contribution in [3.05, 3.63) is 48.3 Å². The van der Waals surface area contributed by atoms with Gasteiger partial charge in [0.2, 0.25) is 0 Å². The molecule has 0 aromatic heterocycles. The van der Waals surface area contributed by atoms with Gasteiger partial charge in [-0.3, -0.25) is 4.72 Å². The highest BCUT2D eigenvalue weighted by molar-refractivity contribution is 7.92. The quantitative estimate of drug-likeness (QED) is 0.752. The Hall–Kier alpha value is -2.28. The summed E-state index contributed by atoms with van der Waals surface area (Å²) in [6.45, 7) is 0. The monoisotopic (exact) mass is 283 g/mol. The maximum atomic E-state index is 13.0. The first-order valence-corrected chi connectivity index (χ1v) is 6.67. The van der Waals surface area contributed by atoms with E-state index in [2.05, 4.69) is 4.72 Å². The fourth-order valence-electron chi connectivity index (χ4n) is 1.48. The van der Waals surface area contributed by atoms with Crippen molar-refractivity contribution in [2.24, 2.45) is 0 Å². The molecule has 0 fully saturated rings. The van der Waals surface area contributed by atoms with E-state index < -0.39 is 26.5 Å². The van der Waals surface area contributed by atoms with Crippen molar-refractivity contribution in [1.82, 2.24) is 0 Å². The Morgan fingerprint density at radius 3 is 2.47 bits per heavy atom. The van der Waals surface area contributed by atoms with Crippen molar-refractivity contribution >= 4 is 15.7 Å². The highest BCUT2D eigenvalue weighted by Gasteiger charge is 2.19. The first-order chi connectivity index (χ1) is 8.88. The van der Waals surface area contributed by atoms with Gasteiger partial charge < -0.3 is 10.2 Å². The Labute approximate surface area is 109 Å². The average Bonchev–Trinajstić information content (AvgIpc) is 2.31. The lowest BCUT2D eigenvalue weighted by molar-refractivity contribution is 0.445. The number of halogens is 1. The van der Waals surface area contributed by atoms with Crippen molar-refractivity contribution in [3.63, 3.8) is 0 Å². The Bertz CT molecular complexity index is 715. The lowest BCUT2D eigenvalue weighted by atomic mass is 10.3. The fraction of sp³-hybridized carbons (Fsp3) is 0. The predicted octanol–water partition coefficient (Wildman–Crippen LogP) is 2.04. The molecule has 100 valence electrons. The number of hydrogen-bond acceptors (Lipinski definition) is 4. The minimum Gasteiger partial charge on any atom is -0.508 e. The Morgan fingerprint density at radius 2 is 1.79 bits per heavy atom. The van der Waals surface area contributed by atoms with Crippen molar-refractivity contribution in [1.29, 1.82) is 0 Å². The van der Waals surface area contributed by atoms with Crippen LogP contribution in [0, 0.1) is 5.82 Å².